The molecule has 0 fully saturated rings. The second kappa shape index (κ2) is 9.40. The van der Waals surface area contributed by atoms with Crippen molar-refractivity contribution in [3.63, 3.8) is 0 Å². The molecule has 9 heteroatoms. The van der Waals surface area contributed by atoms with Crippen LogP contribution in [0.5, 0.6) is 5.75 Å². The first kappa shape index (κ1) is 22.6. The van der Waals surface area contributed by atoms with E-state index in [2.05, 4.69) is 14.8 Å². The Morgan fingerprint density at radius 1 is 0.935 bits per heavy atom. The molecule has 0 saturated carbocycles. The number of ether oxygens (including phenoxy) is 1. The molecule has 164 valence electrons. The van der Waals surface area contributed by atoms with Crippen LogP contribution in [0, 0.1) is 5.92 Å². The maximum atomic E-state index is 12.9. The molecule has 1 atom stereocenters. The maximum absolute atomic E-state index is 12.9. The molecule has 1 amide bonds. The van der Waals surface area contributed by atoms with Gasteiger partial charge in [0.05, 0.1) is 4.90 Å². The number of sulfonamides is 1. The number of carbonyl (C=O) groups is 1. The summed E-state index contributed by atoms with van der Waals surface area (Å²) in [6, 6.07) is 16.4. The minimum Gasteiger partial charge on any atom is -0.435 e. The van der Waals surface area contributed by atoms with Crippen LogP contribution >= 0.6 is 0 Å². The molecule has 0 bridgehead atoms. The van der Waals surface area contributed by atoms with E-state index in [1.807, 2.05) is 24.3 Å². The number of hydrogen-bond acceptors (Lipinski definition) is 4. The van der Waals surface area contributed by atoms with Gasteiger partial charge in [0.1, 0.15) is 11.8 Å². The van der Waals surface area contributed by atoms with E-state index in [0.717, 1.165) is 10.8 Å². The van der Waals surface area contributed by atoms with Crippen molar-refractivity contribution >= 4 is 32.4 Å². The average molecular weight is 448 g/mol. The number of carbonyl (C=O) groups excluding carboxylic acids is 1. The summed E-state index contributed by atoms with van der Waals surface area (Å²) in [7, 11) is -3.97. The van der Waals surface area contributed by atoms with Crippen LogP contribution in [0.1, 0.15) is 13.8 Å². The largest absolute Gasteiger partial charge is 0.435 e. The van der Waals surface area contributed by atoms with Gasteiger partial charge >= 0.3 is 6.61 Å². The lowest BCUT2D eigenvalue weighted by molar-refractivity contribution is -0.118. The van der Waals surface area contributed by atoms with E-state index in [1.54, 1.807) is 26.0 Å². The lowest BCUT2D eigenvalue weighted by atomic mass is 10.0. The van der Waals surface area contributed by atoms with E-state index < -0.39 is 28.6 Å². The molecule has 3 aromatic rings. The van der Waals surface area contributed by atoms with E-state index in [1.165, 1.54) is 30.3 Å². The smallest absolute Gasteiger partial charge is 0.387 e. The molecule has 0 aliphatic carbocycles. The van der Waals surface area contributed by atoms with E-state index >= 15 is 0 Å². The molecule has 0 aliphatic rings. The molecule has 0 heterocycles. The molecule has 0 saturated heterocycles. The summed E-state index contributed by atoms with van der Waals surface area (Å²) in [6.45, 7) is 0.481. The number of fused-ring (bicyclic) bond motifs is 1. The summed E-state index contributed by atoms with van der Waals surface area (Å²) in [5.74, 6) is -0.969. The second-order valence-corrected chi connectivity index (χ2v) is 8.96. The van der Waals surface area contributed by atoms with Gasteiger partial charge in [-0.3, -0.25) is 4.79 Å². The van der Waals surface area contributed by atoms with Crippen molar-refractivity contribution in [3.05, 3.63) is 66.7 Å². The summed E-state index contributed by atoms with van der Waals surface area (Å²) < 4.78 is 57.1. The Morgan fingerprint density at radius 2 is 1.58 bits per heavy atom. The highest BCUT2D eigenvalue weighted by atomic mass is 32.2. The first-order valence-corrected chi connectivity index (χ1v) is 11.0. The first-order chi connectivity index (χ1) is 14.7. The number of nitrogens with one attached hydrogen (secondary N) is 2. The minimum absolute atomic E-state index is 0.0505. The molecule has 2 N–H and O–H groups in total. The average Bonchev–Trinajstić information content (AvgIpc) is 2.72. The third-order valence-corrected chi connectivity index (χ3v) is 6.05. The zero-order valence-corrected chi connectivity index (χ0v) is 17.7. The highest BCUT2D eigenvalue weighted by Crippen LogP contribution is 2.21. The second-order valence-electron chi connectivity index (χ2n) is 7.24. The Bertz CT molecular complexity index is 1170. The van der Waals surface area contributed by atoms with Gasteiger partial charge in [-0.15, -0.1) is 0 Å². The van der Waals surface area contributed by atoms with Crippen LogP contribution in [0.2, 0.25) is 0 Å². The van der Waals surface area contributed by atoms with Crippen LogP contribution in [-0.2, 0) is 14.8 Å². The standard InChI is InChI=1S/C22H22F2N2O4S/c1-14(2)20(21(27)25-17-8-10-18(11-9-17)30-22(23)24)26-31(28,29)19-12-7-15-5-3-4-6-16(15)13-19/h3-14,20,22,26H,1-2H3,(H,25,27). The van der Waals surface area contributed by atoms with Crippen LogP contribution in [0.15, 0.2) is 71.6 Å². The third kappa shape index (κ3) is 5.77. The Hall–Kier alpha value is -3.04. The fraction of sp³-hybridized carbons (Fsp3) is 0.227. The van der Waals surface area contributed by atoms with Crippen molar-refractivity contribution in [1.82, 2.24) is 4.72 Å². The van der Waals surface area contributed by atoms with Gasteiger partial charge in [0.2, 0.25) is 15.9 Å². The van der Waals surface area contributed by atoms with Crippen LogP contribution < -0.4 is 14.8 Å². The minimum atomic E-state index is -3.97. The molecule has 3 aromatic carbocycles. The van der Waals surface area contributed by atoms with E-state index in [4.69, 9.17) is 0 Å². The fourth-order valence-corrected chi connectivity index (χ4v) is 4.38. The number of rotatable bonds is 8. The molecule has 0 aliphatic heterocycles. The van der Waals surface area contributed by atoms with Gasteiger partial charge in [-0.1, -0.05) is 44.2 Å². The van der Waals surface area contributed by atoms with Crippen molar-refractivity contribution in [2.24, 2.45) is 5.92 Å². The predicted octanol–water partition coefficient (Wildman–Crippen LogP) is 4.38. The van der Waals surface area contributed by atoms with Crippen molar-refractivity contribution in [2.45, 2.75) is 31.4 Å². The molecular formula is C22H22F2N2O4S. The van der Waals surface area contributed by atoms with Gasteiger partial charge in [-0.2, -0.15) is 13.5 Å². The third-order valence-electron chi connectivity index (χ3n) is 4.61. The van der Waals surface area contributed by atoms with E-state index in [9.17, 15) is 22.0 Å². The Balaban J connectivity index is 1.76. The monoisotopic (exact) mass is 448 g/mol. The molecule has 3 rings (SSSR count). The van der Waals surface area contributed by atoms with Gasteiger partial charge in [0.15, 0.2) is 0 Å². The Morgan fingerprint density at radius 3 is 2.19 bits per heavy atom. The van der Waals surface area contributed by atoms with Crippen LogP contribution in [0.4, 0.5) is 14.5 Å². The maximum Gasteiger partial charge on any atom is 0.387 e. The van der Waals surface area contributed by atoms with Crippen molar-refractivity contribution in [3.8, 4) is 5.75 Å². The van der Waals surface area contributed by atoms with Gasteiger partial charge in [0, 0.05) is 5.69 Å². The van der Waals surface area contributed by atoms with Crippen molar-refractivity contribution < 1.29 is 26.7 Å². The number of amides is 1. The van der Waals surface area contributed by atoms with Crippen molar-refractivity contribution in [2.75, 3.05) is 5.32 Å². The molecule has 1 unspecified atom stereocenters. The zero-order valence-electron chi connectivity index (χ0n) is 16.9. The summed E-state index contributed by atoms with van der Waals surface area (Å²) in [5, 5.41) is 4.27. The van der Waals surface area contributed by atoms with Gasteiger partial charge in [-0.25, -0.2) is 8.42 Å². The fourth-order valence-electron chi connectivity index (χ4n) is 3.00. The van der Waals surface area contributed by atoms with Crippen LogP contribution in [0.3, 0.4) is 0 Å². The lowest BCUT2D eigenvalue weighted by Crippen LogP contribution is -2.47. The molecule has 0 radical (unpaired) electrons. The predicted molar refractivity (Wildman–Crippen MR) is 115 cm³/mol. The highest BCUT2D eigenvalue weighted by molar-refractivity contribution is 7.89. The summed E-state index contributed by atoms with van der Waals surface area (Å²) in [5.41, 5.74) is 0.321. The van der Waals surface area contributed by atoms with Gasteiger partial charge < -0.3 is 10.1 Å². The topological polar surface area (TPSA) is 84.5 Å². The summed E-state index contributed by atoms with van der Waals surface area (Å²) >= 11 is 0. The van der Waals surface area contributed by atoms with Crippen LogP contribution in [0.25, 0.3) is 10.8 Å². The molecule has 6 nitrogen and oxygen atoms in total. The lowest BCUT2D eigenvalue weighted by Gasteiger charge is -2.22. The number of hydrogen-bond donors (Lipinski definition) is 2. The first-order valence-electron chi connectivity index (χ1n) is 9.52. The molecule has 0 spiro atoms. The highest BCUT2D eigenvalue weighted by Gasteiger charge is 2.28. The normalized spacial score (nSPS) is 12.8. The quantitative estimate of drug-likeness (QED) is 0.536. The Labute approximate surface area is 179 Å². The summed E-state index contributed by atoms with van der Waals surface area (Å²) in [6.07, 6.45) is 0. The van der Waals surface area contributed by atoms with Crippen LogP contribution in [-0.4, -0.2) is 27.0 Å². The zero-order chi connectivity index (χ0) is 22.6. The number of halogens is 2. The van der Waals surface area contributed by atoms with Crippen molar-refractivity contribution in [1.29, 1.82) is 0 Å². The molecular weight excluding hydrogens is 426 g/mol. The molecule has 31 heavy (non-hydrogen) atoms. The molecule has 0 aromatic heterocycles. The van der Waals surface area contributed by atoms with Gasteiger partial charge in [-0.05, 0) is 53.1 Å². The van der Waals surface area contributed by atoms with E-state index in [0.29, 0.717) is 5.69 Å². The SMILES string of the molecule is CC(C)C(NS(=O)(=O)c1ccc2ccccc2c1)C(=O)Nc1ccc(OC(F)F)cc1. The number of benzene rings is 3. The Kier molecular flexibility index (Phi) is 6.87. The number of alkyl halides is 2. The number of anilines is 1. The summed E-state index contributed by atoms with van der Waals surface area (Å²) in [4.78, 5) is 12.8. The van der Waals surface area contributed by atoms with Gasteiger partial charge in [0.25, 0.3) is 0 Å². The van der Waals surface area contributed by atoms with E-state index in [-0.39, 0.29) is 16.6 Å².